The average Bonchev–Trinajstić information content (AvgIpc) is 2.54. The van der Waals surface area contributed by atoms with Gasteiger partial charge in [-0.2, -0.15) is 0 Å². The minimum absolute atomic E-state index is 0. The molecule has 1 aromatic carbocycles. The molecule has 2 atom stereocenters. The van der Waals surface area contributed by atoms with Crippen molar-refractivity contribution in [3.05, 3.63) is 35.9 Å². The molecule has 0 spiro atoms. The molecule has 1 fully saturated rings. The normalized spacial score (nSPS) is 26.8. The first kappa shape index (κ1) is 10.5. The van der Waals surface area contributed by atoms with Crippen LogP contribution in [0.3, 0.4) is 0 Å². The first-order valence-corrected chi connectivity index (χ1v) is 4.18. The van der Waals surface area contributed by atoms with Crippen LogP contribution in [-0.2, 0) is 0 Å². The van der Waals surface area contributed by atoms with Crippen LogP contribution in [0.2, 0.25) is 0 Å². The third-order valence-electron chi connectivity index (χ3n) is 2.13. The van der Waals surface area contributed by atoms with E-state index in [9.17, 15) is 0 Å². The van der Waals surface area contributed by atoms with Gasteiger partial charge in [0.05, 0.1) is 6.17 Å². The van der Waals surface area contributed by atoms with E-state index in [1.807, 2.05) is 18.2 Å². The zero-order valence-corrected chi connectivity index (χ0v) is 8.05. The van der Waals surface area contributed by atoms with E-state index in [0.29, 0.717) is 6.04 Å². The highest BCUT2D eigenvalue weighted by Gasteiger charge is 2.21. The number of hydrogen-bond donors (Lipinski definition) is 3. The summed E-state index contributed by atoms with van der Waals surface area (Å²) in [5, 5.41) is 0. The number of hydrazine groups is 1. The molecule has 13 heavy (non-hydrogen) atoms. The van der Waals surface area contributed by atoms with Gasteiger partial charge in [-0.1, -0.05) is 30.3 Å². The van der Waals surface area contributed by atoms with Gasteiger partial charge in [0, 0.05) is 6.04 Å². The summed E-state index contributed by atoms with van der Waals surface area (Å²) in [6.45, 7) is 0. The van der Waals surface area contributed by atoms with Crippen molar-refractivity contribution in [2.45, 2.75) is 18.6 Å². The summed E-state index contributed by atoms with van der Waals surface area (Å²) in [6, 6.07) is 10.7. The molecule has 2 unspecified atom stereocenters. The molecule has 3 nitrogen and oxygen atoms in total. The minimum Gasteiger partial charge on any atom is -0.315 e. The Bertz CT molecular complexity index is 252. The Balaban J connectivity index is 0.000000845. The monoisotopic (exact) mass is 199 g/mol. The summed E-state index contributed by atoms with van der Waals surface area (Å²) in [6.07, 6.45) is 1.03. The van der Waals surface area contributed by atoms with E-state index in [0.717, 1.165) is 6.42 Å². The van der Waals surface area contributed by atoms with Crippen LogP contribution < -0.4 is 16.6 Å². The molecular weight excluding hydrogens is 186 g/mol. The Kier molecular flexibility index (Phi) is 3.69. The molecule has 72 valence electrons. The molecule has 1 heterocycles. The molecule has 4 heteroatoms. The maximum absolute atomic E-state index is 5.69. The van der Waals surface area contributed by atoms with Gasteiger partial charge in [0.25, 0.3) is 0 Å². The van der Waals surface area contributed by atoms with Crippen molar-refractivity contribution >= 4 is 12.4 Å². The predicted molar refractivity (Wildman–Crippen MR) is 55.3 cm³/mol. The molecule has 0 radical (unpaired) electrons. The molecule has 1 aliphatic heterocycles. The van der Waals surface area contributed by atoms with Crippen LogP contribution in [0.4, 0.5) is 0 Å². The number of halogens is 1. The SMILES string of the molecule is Cl.NC1CC(c2ccccc2)NN1. The van der Waals surface area contributed by atoms with Crippen molar-refractivity contribution < 1.29 is 0 Å². The topological polar surface area (TPSA) is 50.1 Å². The Labute approximate surface area is 84.1 Å². The standard InChI is InChI=1S/C9H13N3.ClH/c10-9-6-8(11-12-9)7-4-2-1-3-5-7;/h1-5,8-9,11-12H,6,10H2;1H. The van der Waals surface area contributed by atoms with E-state index in [-0.39, 0.29) is 18.6 Å². The molecule has 0 aromatic heterocycles. The molecular formula is C9H14ClN3. The molecule has 0 saturated carbocycles. The van der Waals surface area contributed by atoms with Crippen LogP contribution in [0.1, 0.15) is 18.0 Å². The molecule has 4 N–H and O–H groups in total. The lowest BCUT2D eigenvalue weighted by atomic mass is 10.1. The summed E-state index contributed by atoms with van der Waals surface area (Å²) in [4.78, 5) is 0. The van der Waals surface area contributed by atoms with Gasteiger partial charge < -0.3 is 5.73 Å². The van der Waals surface area contributed by atoms with E-state index in [1.165, 1.54) is 5.56 Å². The van der Waals surface area contributed by atoms with Crippen molar-refractivity contribution in [1.29, 1.82) is 0 Å². The lowest BCUT2D eigenvalue weighted by Crippen LogP contribution is -2.36. The summed E-state index contributed by atoms with van der Waals surface area (Å²) in [7, 11) is 0. The van der Waals surface area contributed by atoms with Gasteiger partial charge in [0.1, 0.15) is 0 Å². The Morgan fingerprint density at radius 1 is 1.15 bits per heavy atom. The van der Waals surface area contributed by atoms with Crippen molar-refractivity contribution in [3.8, 4) is 0 Å². The van der Waals surface area contributed by atoms with Gasteiger partial charge in [-0.05, 0) is 12.0 Å². The van der Waals surface area contributed by atoms with Crippen LogP contribution in [0, 0.1) is 0 Å². The summed E-state index contributed by atoms with van der Waals surface area (Å²) in [5.41, 5.74) is 13.1. The maximum Gasteiger partial charge on any atom is 0.0698 e. The number of rotatable bonds is 1. The fraction of sp³-hybridized carbons (Fsp3) is 0.333. The van der Waals surface area contributed by atoms with Gasteiger partial charge >= 0.3 is 0 Å². The van der Waals surface area contributed by atoms with Crippen molar-refractivity contribution in [2.24, 2.45) is 5.73 Å². The van der Waals surface area contributed by atoms with Crippen LogP contribution in [0.5, 0.6) is 0 Å². The lowest BCUT2D eigenvalue weighted by Gasteiger charge is -2.07. The van der Waals surface area contributed by atoms with Gasteiger partial charge in [-0.3, -0.25) is 0 Å². The quantitative estimate of drug-likeness (QED) is 0.631. The van der Waals surface area contributed by atoms with Crippen LogP contribution in [0.15, 0.2) is 30.3 Å². The zero-order valence-electron chi connectivity index (χ0n) is 7.23. The first-order chi connectivity index (χ1) is 5.86. The van der Waals surface area contributed by atoms with Crippen molar-refractivity contribution in [3.63, 3.8) is 0 Å². The summed E-state index contributed by atoms with van der Waals surface area (Å²) < 4.78 is 0. The van der Waals surface area contributed by atoms with Gasteiger partial charge in [0.15, 0.2) is 0 Å². The zero-order chi connectivity index (χ0) is 8.39. The van der Waals surface area contributed by atoms with Gasteiger partial charge in [-0.15, -0.1) is 12.4 Å². The van der Waals surface area contributed by atoms with Crippen molar-refractivity contribution in [1.82, 2.24) is 10.9 Å². The average molecular weight is 200 g/mol. The van der Waals surface area contributed by atoms with Crippen LogP contribution >= 0.6 is 12.4 Å². The van der Waals surface area contributed by atoms with Crippen molar-refractivity contribution in [2.75, 3.05) is 0 Å². The second-order valence-corrected chi connectivity index (χ2v) is 3.09. The fourth-order valence-electron chi connectivity index (χ4n) is 1.48. The molecule has 0 bridgehead atoms. The second kappa shape index (κ2) is 4.58. The molecule has 1 aliphatic rings. The van der Waals surface area contributed by atoms with E-state index >= 15 is 0 Å². The summed E-state index contributed by atoms with van der Waals surface area (Å²) in [5.74, 6) is 0. The van der Waals surface area contributed by atoms with E-state index < -0.39 is 0 Å². The van der Waals surface area contributed by atoms with E-state index in [1.54, 1.807) is 0 Å². The highest BCUT2D eigenvalue weighted by Crippen LogP contribution is 2.19. The smallest absolute Gasteiger partial charge is 0.0698 e. The number of nitrogens with one attached hydrogen (secondary N) is 2. The lowest BCUT2D eigenvalue weighted by molar-refractivity contribution is 0.552. The number of benzene rings is 1. The minimum atomic E-state index is 0. The Morgan fingerprint density at radius 3 is 2.38 bits per heavy atom. The van der Waals surface area contributed by atoms with Crippen LogP contribution in [0.25, 0.3) is 0 Å². The first-order valence-electron chi connectivity index (χ1n) is 4.18. The Hall–Kier alpha value is -0.610. The molecule has 1 saturated heterocycles. The molecule has 0 aliphatic carbocycles. The highest BCUT2D eigenvalue weighted by molar-refractivity contribution is 5.85. The third kappa shape index (κ3) is 2.42. The fourth-order valence-corrected chi connectivity index (χ4v) is 1.48. The largest absolute Gasteiger partial charge is 0.315 e. The highest BCUT2D eigenvalue weighted by atomic mass is 35.5. The third-order valence-corrected chi connectivity index (χ3v) is 2.13. The Morgan fingerprint density at radius 2 is 1.85 bits per heavy atom. The van der Waals surface area contributed by atoms with Gasteiger partial charge in [-0.25, -0.2) is 10.9 Å². The number of hydrogen-bond acceptors (Lipinski definition) is 3. The second-order valence-electron chi connectivity index (χ2n) is 3.09. The van der Waals surface area contributed by atoms with E-state index in [2.05, 4.69) is 23.0 Å². The van der Waals surface area contributed by atoms with Crippen LogP contribution in [-0.4, -0.2) is 6.17 Å². The molecule has 1 aromatic rings. The number of nitrogens with two attached hydrogens (primary N) is 1. The molecule has 0 amide bonds. The predicted octanol–water partition coefficient (Wildman–Crippen LogP) is 0.932. The maximum atomic E-state index is 5.69. The van der Waals surface area contributed by atoms with E-state index in [4.69, 9.17) is 5.73 Å². The molecule has 2 rings (SSSR count). The van der Waals surface area contributed by atoms with Gasteiger partial charge in [0.2, 0.25) is 0 Å². The summed E-state index contributed by atoms with van der Waals surface area (Å²) >= 11 is 0.